The second-order valence-electron chi connectivity index (χ2n) is 10.1. The fourth-order valence-electron chi connectivity index (χ4n) is 5.32. The van der Waals surface area contributed by atoms with Gasteiger partial charge in [0.1, 0.15) is 0 Å². The maximum absolute atomic E-state index is 13.6. The third-order valence-corrected chi connectivity index (χ3v) is 7.47. The van der Waals surface area contributed by atoms with Gasteiger partial charge in [0.05, 0.1) is 23.9 Å². The van der Waals surface area contributed by atoms with E-state index in [9.17, 15) is 4.79 Å². The number of hydrogen-bond donors (Lipinski definition) is 0. The van der Waals surface area contributed by atoms with Gasteiger partial charge in [-0.2, -0.15) is 9.97 Å². The van der Waals surface area contributed by atoms with Crippen LogP contribution in [0.1, 0.15) is 110 Å². The second kappa shape index (κ2) is 14.2. The molecule has 35 heavy (non-hydrogen) atoms. The zero-order chi connectivity index (χ0) is 24.9. The zero-order valence-corrected chi connectivity index (χ0v) is 22.0. The van der Waals surface area contributed by atoms with E-state index in [1.165, 1.54) is 25.7 Å². The van der Waals surface area contributed by atoms with Gasteiger partial charge >= 0.3 is 12.0 Å². The topological polar surface area (TPSA) is 61.3 Å². The summed E-state index contributed by atoms with van der Waals surface area (Å²) in [5.41, 5.74) is 0.406. The maximum atomic E-state index is 13.6. The molecule has 0 spiro atoms. The van der Waals surface area contributed by atoms with Crippen LogP contribution in [-0.4, -0.2) is 22.0 Å². The highest BCUT2D eigenvalue weighted by molar-refractivity contribution is 5.84. The number of carbonyl (C=O) groups is 1. The van der Waals surface area contributed by atoms with Gasteiger partial charge in [0.2, 0.25) is 0 Å². The first-order valence-electron chi connectivity index (χ1n) is 13.9. The van der Waals surface area contributed by atoms with Crippen molar-refractivity contribution in [2.24, 2.45) is 5.92 Å². The largest absolute Gasteiger partial charge is 0.487 e. The van der Waals surface area contributed by atoms with E-state index in [4.69, 9.17) is 9.47 Å². The Bertz CT molecular complexity index is 861. The molecule has 0 N–H and O–H groups in total. The number of nitrogens with zero attached hydrogens (tertiary/aromatic N) is 2. The number of unbranched alkanes of at least 4 members (excludes halogenated alkanes) is 3. The summed E-state index contributed by atoms with van der Waals surface area (Å²) in [5, 5.41) is 0. The molecule has 192 valence electrons. The van der Waals surface area contributed by atoms with Gasteiger partial charge in [-0.05, 0) is 50.0 Å². The lowest BCUT2D eigenvalue weighted by Gasteiger charge is -2.38. The standard InChI is InChI=1S/C30H44N2O3/c1-4-7-10-14-24-18-20-30(21-19-24,25-15-11-9-12-16-25)28(33)35-29-31-22-27(23-32-29)34-26(13-6-3)17-8-5-2/h9,11-12,15-16,22-24,26H,4-8,10,13-14,17-21H2,1-3H3. The van der Waals surface area contributed by atoms with Crippen molar-refractivity contribution in [1.82, 2.24) is 9.97 Å². The Morgan fingerprint density at radius 2 is 1.63 bits per heavy atom. The van der Waals surface area contributed by atoms with Crippen LogP contribution in [0.15, 0.2) is 42.7 Å². The molecule has 0 radical (unpaired) electrons. The van der Waals surface area contributed by atoms with Crippen molar-refractivity contribution in [1.29, 1.82) is 0 Å². The van der Waals surface area contributed by atoms with Crippen molar-refractivity contribution >= 4 is 5.97 Å². The predicted molar refractivity (Wildman–Crippen MR) is 141 cm³/mol. The van der Waals surface area contributed by atoms with Crippen LogP contribution in [0.4, 0.5) is 0 Å². The Hall–Kier alpha value is -2.43. The number of esters is 1. The second-order valence-corrected chi connectivity index (χ2v) is 10.1. The Balaban J connectivity index is 1.67. The molecule has 1 heterocycles. The number of benzene rings is 1. The van der Waals surface area contributed by atoms with Crippen LogP contribution in [0.25, 0.3) is 0 Å². The number of rotatable bonds is 14. The number of carbonyl (C=O) groups excluding carboxylic acids is 1. The van der Waals surface area contributed by atoms with E-state index in [1.54, 1.807) is 12.4 Å². The van der Waals surface area contributed by atoms with E-state index in [2.05, 4.69) is 42.9 Å². The van der Waals surface area contributed by atoms with Crippen LogP contribution >= 0.6 is 0 Å². The average Bonchev–Trinajstić information content (AvgIpc) is 2.89. The molecule has 5 nitrogen and oxygen atoms in total. The fraction of sp³-hybridized carbons (Fsp3) is 0.633. The summed E-state index contributed by atoms with van der Waals surface area (Å²) in [5.74, 6) is 1.09. The van der Waals surface area contributed by atoms with Crippen LogP contribution < -0.4 is 9.47 Å². The molecule has 0 aliphatic heterocycles. The first-order chi connectivity index (χ1) is 17.1. The van der Waals surface area contributed by atoms with Gasteiger partial charge in [-0.15, -0.1) is 0 Å². The van der Waals surface area contributed by atoms with Gasteiger partial charge in [-0.3, -0.25) is 4.79 Å². The lowest BCUT2D eigenvalue weighted by Crippen LogP contribution is -2.42. The number of ether oxygens (including phenoxy) is 2. The molecule has 2 aromatic rings. The highest BCUT2D eigenvalue weighted by Gasteiger charge is 2.45. The van der Waals surface area contributed by atoms with Gasteiger partial charge in [-0.25, -0.2) is 0 Å². The van der Waals surface area contributed by atoms with Crippen LogP contribution in [0.3, 0.4) is 0 Å². The molecule has 0 saturated heterocycles. The molecule has 5 heteroatoms. The normalized spacial score (nSPS) is 20.8. The summed E-state index contributed by atoms with van der Waals surface area (Å²) in [6, 6.07) is 10.2. The minimum Gasteiger partial charge on any atom is -0.487 e. The highest BCUT2D eigenvalue weighted by atomic mass is 16.6. The molecule has 1 aliphatic carbocycles. The molecule has 1 aliphatic rings. The molecule has 1 saturated carbocycles. The van der Waals surface area contributed by atoms with Crippen molar-refractivity contribution in [3.8, 4) is 11.8 Å². The lowest BCUT2D eigenvalue weighted by molar-refractivity contribution is -0.143. The number of aromatic nitrogens is 2. The van der Waals surface area contributed by atoms with E-state index >= 15 is 0 Å². The van der Waals surface area contributed by atoms with Gasteiger partial charge in [0, 0.05) is 0 Å². The molecule has 1 unspecified atom stereocenters. The highest BCUT2D eigenvalue weighted by Crippen LogP contribution is 2.44. The predicted octanol–water partition coefficient (Wildman–Crippen LogP) is 7.83. The van der Waals surface area contributed by atoms with Crippen molar-refractivity contribution in [3.63, 3.8) is 0 Å². The summed E-state index contributed by atoms with van der Waals surface area (Å²) >= 11 is 0. The van der Waals surface area contributed by atoms with E-state index < -0.39 is 5.41 Å². The molecule has 1 aromatic carbocycles. The van der Waals surface area contributed by atoms with Crippen LogP contribution in [0, 0.1) is 5.92 Å². The van der Waals surface area contributed by atoms with Gasteiger partial charge in [0.15, 0.2) is 5.75 Å². The molecule has 1 aromatic heterocycles. The molecule has 0 amide bonds. The van der Waals surface area contributed by atoms with Crippen LogP contribution in [0.2, 0.25) is 0 Å². The van der Waals surface area contributed by atoms with E-state index in [-0.39, 0.29) is 18.1 Å². The lowest BCUT2D eigenvalue weighted by atomic mass is 9.66. The molecule has 1 atom stereocenters. The van der Waals surface area contributed by atoms with Crippen molar-refractivity contribution < 1.29 is 14.3 Å². The van der Waals surface area contributed by atoms with Crippen LogP contribution in [-0.2, 0) is 10.2 Å². The quantitative estimate of drug-likeness (QED) is 0.204. The summed E-state index contributed by atoms with van der Waals surface area (Å²) < 4.78 is 11.9. The Morgan fingerprint density at radius 1 is 0.943 bits per heavy atom. The molecule has 0 bridgehead atoms. The van der Waals surface area contributed by atoms with E-state index in [1.807, 2.05) is 18.2 Å². The maximum Gasteiger partial charge on any atom is 0.324 e. The average molecular weight is 481 g/mol. The first kappa shape index (κ1) is 27.2. The zero-order valence-electron chi connectivity index (χ0n) is 22.0. The summed E-state index contributed by atoms with van der Waals surface area (Å²) in [6.45, 7) is 6.60. The van der Waals surface area contributed by atoms with Crippen LogP contribution in [0.5, 0.6) is 11.8 Å². The molecular formula is C30H44N2O3. The Kier molecular flexibility index (Phi) is 11.0. The smallest absolute Gasteiger partial charge is 0.324 e. The SMILES string of the molecule is CCCCCC1CCC(C(=O)Oc2ncc(OC(CCC)CCCC)cn2)(c2ccccc2)CC1. The molecular weight excluding hydrogens is 436 g/mol. The fourth-order valence-corrected chi connectivity index (χ4v) is 5.32. The van der Waals surface area contributed by atoms with E-state index in [0.29, 0.717) is 11.7 Å². The van der Waals surface area contributed by atoms with Gasteiger partial charge in [-0.1, -0.05) is 96.0 Å². The minimum absolute atomic E-state index is 0.100. The van der Waals surface area contributed by atoms with Gasteiger partial charge in [0.25, 0.3) is 0 Å². The molecule has 1 fully saturated rings. The summed E-state index contributed by atoms with van der Waals surface area (Å²) in [4.78, 5) is 22.2. The molecule has 3 rings (SSSR count). The first-order valence-corrected chi connectivity index (χ1v) is 13.9. The third-order valence-electron chi connectivity index (χ3n) is 7.47. The van der Waals surface area contributed by atoms with Gasteiger partial charge < -0.3 is 9.47 Å². The van der Waals surface area contributed by atoms with E-state index in [0.717, 1.165) is 63.4 Å². The minimum atomic E-state index is -0.632. The monoisotopic (exact) mass is 480 g/mol. The third kappa shape index (κ3) is 7.78. The summed E-state index contributed by atoms with van der Waals surface area (Å²) in [6.07, 6.45) is 17.6. The number of hydrogen-bond acceptors (Lipinski definition) is 5. The Morgan fingerprint density at radius 3 is 2.26 bits per heavy atom. The summed E-state index contributed by atoms with van der Waals surface area (Å²) in [7, 11) is 0. The van der Waals surface area contributed by atoms with Crippen molar-refractivity contribution in [2.75, 3.05) is 0 Å². The Labute approximate surface area is 212 Å². The van der Waals surface area contributed by atoms with Crippen molar-refractivity contribution in [3.05, 3.63) is 48.3 Å². The van der Waals surface area contributed by atoms with Crippen molar-refractivity contribution in [2.45, 2.75) is 116 Å².